The van der Waals surface area contributed by atoms with Crippen molar-refractivity contribution in [2.24, 2.45) is 0 Å². The summed E-state index contributed by atoms with van der Waals surface area (Å²) in [6.07, 6.45) is 3.06. The number of aromatic nitrogens is 3. The molecule has 4 rings (SSSR count). The van der Waals surface area contributed by atoms with Gasteiger partial charge in [0.25, 0.3) is 0 Å². The summed E-state index contributed by atoms with van der Waals surface area (Å²) in [6.45, 7) is 2.20. The molecule has 0 aliphatic carbocycles. The second-order valence-electron chi connectivity index (χ2n) is 6.43. The fourth-order valence-electron chi connectivity index (χ4n) is 3.00. The molecule has 27 heavy (non-hydrogen) atoms. The van der Waals surface area contributed by atoms with Gasteiger partial charge in [-0.1, -0.05) is 18.5 Å². The quantitative estimate of drug-likeness (QED) is 0.678. The summed E-state index contributed by atoms with van der Waals surface area (Å²) in [6, 6.07) is 5.76. The number of rotatable bonds is 4. The molecule has 0 spiro atoms. The highest BCUT2D eigenvalue weighted by Crippen LogP contribution is 2.32. The Hall–Kier alpha value is -2.74. The van der Waals surface area contributed by atoms with E-state index in [9.17, 15) is 13.6 Å². The fraction of sp³-hybridized carbons (Fsp3) is 0.278. The SMILES string of the molecule is CCC1(F)CN(c2ccn(-c3ncoc3-c3ccc(Cl)c(F)c3)c(=O)n2)C1. The number of anilines is 1. The molecule has 1 aromatic carbocycles. The lowest BCUT2D eigenvalue weighted by Crippen LogP contribution is -2.59. The lowest BCUT2D eigenvalue weighted by Gasteiger charge is -2.44. The van der Waals surface area contributed by atoms with E-state index in [1.54, 1.807) is 24.0 Å². The van der Waals surface area contributed by atoms with Crippen LogP contribution in [0.3, 0.4) is 0 Å². The Morgan fingerprint density at radius 1 is 1.33 bits per heavy atom. The Morgan fingerprint density at radius 2 is 2.11 bits per heavy atom. The van der Waals surface area contributed by atoms with Gasteiger partial charge in [-0.25, -0.2) is 18.1 Å². The zero-order valence-corrected chi connectivity index (χ0v) is 15.1. The molecular formula is C18H15ClF2N4O2. The molecule has 0 unspecified atom stereocenters. The zero-order valence-electron chi connectivity index (χ0n) is 14.3. The standard InChI is InChI=1S/C18H15ClF2N4O2/c1-2-18(21)8-24(9-18)14-5-6-25(17(26)23-14)16-15(27-10-22-16)11-3-4-12(19)13(20)7-11/h3-7,10H,2,8-9H2,1H3. The van der Waals surface area contributed by atoms with Crippen LogP contribution in [0.1, 0.15) is 13.3 Å². The number of hydrogen-bond acceptors (Lipinski definition) is 5. The number of halogens is 3. The van der Waals surface area contributed by atoms with Gasteiger partial charge in [0.15, 0.2) is 18.0 Å². The van der Waals surface area contributed by atoms with Crippen LogP contribution in [0.25, 0.3) is 17.1 Å². The normalized spacial score (nSPS) is 15.6. The van der Waals surface area contributed by atoms with E-state index in [1.807, 2.05) is 0 Å². The number of hydrogen-bond donors (Lipinski definition) is 0. The molecule has 140 valence electrons. The predicted octanol–water partition coefficient (Wildman–Crippen LogP) is 3.62. The van der Waals surface area contributed by atoms with Crippen LogP contribution in [0.5, 0.6) is 0 Å². The number of oxazole rings is 1. The van der Waals surface area contributed by atoms with Crippen LogP contribution in [0.2, 0.25) is 5.02 Å². The summed E-state index contributed by atoms with van der Waals surface area (Å²) in [5.41, 5.74) is -1.44. The average molecular weight is 393 g/mol. The molecule has 3 aromatic rings. The van der Waals surface area contributed by atoms with E-state index in [2.05, 4.69) is 9.97 Å². The van der Waals surface area contributed by atoms with E-state index in [1.165, 1.54) is 22.9 Å². The van der Waals surface area contributed by atoms with E-state index in [0.29, 0.717) is 17.8 Å². The maximum Gasteiger partial charge on any atom is 0.355 e. The van der Waals surface area contributed by atoms with Crippen molar-refractivity contribution in [3.05, 3.63) is 58.2 Å². The minimum absolute atomic E-state index is 0.0198. The topological polar surface area (TPSA) is 64.2 Å². The van der Waals surface area contributed by atoms with Crippen molar-refractivity contribution in [1.82, 2.24) is 14.5 Å². The van der Waals surface area contributed by atoms with Gasteiger partial charge in [0.05, 0.1) is 18.1 Å². The molecule has 0 radical (unpaired) electrons. The minimum atomic E-state index is -1.23. The van der Waals surface area contributed by atoms with Crippen molar-refractivity contribution >= 4 is 17.4 Å². The Balaban J connectivity index is 1.67. The third kappa shape index (κ3) is 3.10. The first-order chi connectivity index (χ1) is 12.9. The molecule has 2 aromatic heterocycles. The zero-order chi connectivity index (χ0) is 19.2. The van der Waals surface area contributed by atoms with E-state index in [0.717, 1.165) is 6.39 Å². The Bertz CT molecular complexity index is 1060. The molecule has 0 atom stereocenters. The van der Waals surface area contributed by atoms with E-state index in [4.69, 9.17) is 16.0 Å². The first-order valence-electron chi connectivity index (χ1n) is 8.33. The Labute approximate surface area is 158 Å². The fourth-order valence-corrected chi connectivity index (χ4v) is 3.12. The first-order valence-corrected chi connectivity index (χ1v) is 8.71. The largest absolute Gasteiger partial charge is 0.441 e. The molecular weight excluding hydrogens is 378 g/mol. The summed E-state index contributed by atoms with van der Waals surface area (Å²) < 4.78 is 34.3. The predicted molar refractivity (Wildman–Crippen MR) is 96.6 cm³/mol. The number of benzene rings is 1. The maximum absolute atomic E-state index is 14.1. The van der Waals surface area contributed by atoms with Gasteiger partial charge >= 0.3 is 5.69 Å². The Morgan fingerprint density at radius 3 is 2.78 bits per heavy atom. The van der Waals surface area contributed by atoms with Gasteiger partial charge in [-0.15, -0.1) is 0 Å². The van der Waals surface area contributed by atoms with E-state index in [-0.39, 0.29) is 29.7 Å². The summed E-state index contributed by atoms with van der Waals surface area (Å²) in [7, 11) is 0. The van der Waals surface area contributed by atoms with Crippen molar-refractivity contribution in [3.8, 4) is 17.1 Å². The van der Waals surface area contributed by atoms with Gasteiger partial charge in [-0.3, -0.25) is 0 Å². The minimum Gasteiger partial charge on any atom is -0.441 e. The van der Waals surface area contributed by atoms with Crippen LogP contribution in [0.15, 0.2) is 46.1 Å². The van der Waals surface area contributed by atoms with Crippen molar-refractivity contribution in [2.45, 2.75) is 19.0 Å². The number of nitrogens with zero attached hydrogens (tertiary/aromatic N) is 4. The second kappa shape index (κ2) is 6.45. The van der Waals surface area contributed by atoms with Crippen LogP contribution in [-0.4, -0.2) is 33.3 Å². The lowest BCUT2D eigenvalue weighted by atomic mass is 9.93. The third-order valence-electron chi connectivity index (χ3n) is 4.65. The molecule has 0 amide bonds. The van der Waals surface area contributed by atoms with E-state index < -0.39 is 17.2 Å². The third-order valence-corrected chi connectivity index (χ3v) is 4.96. The maximum atomic E-state index is 14.1. The highest BCUT2D eigenvalue weighted by molar-refractivity contribution is 6.30. The lowest BCUT2D eigenvalue weighted by molar-refractivity contribution is 0.115. The molecule has 0 N–H and O–H groups in total. The van der Waals surface area contributed by atoms with Gasteiger partial charge in [-0.05, 0) is 30.7 Å². The number of alkyl halides is 1. The van der Waals surface area contributed by atoms with Crippen LogP contribution in [-0.2, 0) is 0 Å². The van der Waals surface area contributed by atoms with Crippen LogP contribution in [0, 0.1) is 5.82 Å². The molecule has 1 saturated heterocycles. The smallest absolute Gasteiger partial charge is 0.355 e. The molecule has 1 aliphatic heterocycles. The molecule has 0 saturated carbocycles. The van der Waals surface area contributed by atoms with Crippen molar-refractivity contribution < 1.29 is 13.2 Å². The summed E-state index contributed by atoms with van der Waals surface area (Å²) in [4.78, 5) is 22.2. The van der Waals surface area contributed by atoms with Gasteiger partial charge < -0.3 is 9.32 Å². The van der Waals surface area contributed by atoms with Crippen LogP contribution < -0.4 is 10.6 Å². The molecule has 9 heteroatoms. The van der Waals surface area contributed by atoms with Crippen LogP contribution in [0.4, 0.5) is 14.6 Å². The molecule has 3 heterocycles. The Kier molecular flexibility index (Phi) is 4.22. The van der Waals surface area contributed by atoms with Gasteiger partial charge in [0.1, 0.15) is 17.3 Å². The highest BCUT2D eigenvalue weighted by Gasteiger charge is 2.42. The summed E-state index contributed by atoms with van der Waals surface area (Å²) in [5.74, 6) is 0.180. The van der Waals surface area contributed by atoms with Crippen molar-refractivity contribution in [3.63, 3.8) is 0 Å². The van der Waals surface area contributed by atoms with E-state index >= 15 is 0 Å². The second-order valence-corrected chi connectivity index (χ2v) is 6.84. The molecule has 1 fully saturated rings. The highest BCUT2D eigenvalue weighted by atomic mass is 35.5. The average Bonchev–Trinajstić information content (AvgIpc) is 3.10. The van der Waals surface area contributed by atoms with Gasteiger partial charge in [-0.2, -0.15) is 9.97 Å². The first kappa shape index (κ1) is 17.7. The monoisotopic (exact) mass is 392 g/mol. The summed E-state index contributed by atoms with van der Waals surface area (Å²) >= 11 is 5.70. The molecule has 0 bridgehead atoms. The molecule has 6 nitrogen and oxygen atoms in total. The van der Waals surface area contributed by atoms with Crippen LogP contribution >= 0.6 is 11.6 Å². The van der Waals surface area contributed by atoms with Crippen molar-refractivity contribution in [2.75, 3.05) is 18.0 Å². The van der Waals surface area contributed by atoms with Gasteiger partial charge in [0, 0.05) is 11.8 Å². The summed E-state index contributed by atoms with van der Waals surface area (Å²) in [5, 5.41) is -0.0198. The van der Waals surface area contributed by atoms with Crippen molar-refractivity contribution in [1.29, 1.82) is 0 Å². The van der Waals surface area contributed by atoms with Gasteiger partial charge in [0.2, 0.25) is 0 Å². The molecule has 1 aliphatic rings.